The van der Waals surface area contributed by atoms with E-state index in [1.54, 1.807) is 6.21 Å². The lowest BCUT2D eigenvalue weighted by Crippen LogP contribution is -2.38. The minimum atomic E-state index is -0.104. The molecule has 78 valence electrons. The number of hydrogen-bond acceptors (Lipinski definition) is 3. The fraction of sp³-hybridized carbons (Fsp3) is 0.500. The van der Waals surface area contributed by atoms with Crippen LogP contribution < -0.4 is 5.32 Å². The molecule has 0 aromatic heterocycles. The molecule has 1 aliphatic rings. The van der Waals surface area contributed by atoms with E-state index in [2.05, 4.69) is 37.8 Å². The molecule has 0 radical (unpaired) electrons. The molecule has 0 unspecified atom stereocenters. The Balaban J connectivity index is 3.01. The Hall–Kier alpha value is -0.960. The van der Waals surface area contributed by atoms with Crippen molar-refractivity contribution in [2.45, 2.75) is 26.3 Å². The summed E-state index contributed by atoms with van der Waals surface area (Å²) >= 11 is 6.12. The van der Waals surface area contributed by atoms with Gasteiger partial charge >= 0.3 is 0 Å². The van der Waals surface area contributed by atoms with Crippen molar-refractivity contribution in [3.63, 3.8) is 0 Å². The van der Waals surface area contributed by atoms with Crippen LogP contribution >= 0.6 is 11.6 Å². The highest BCUT2D eigenvalue weighted by Crippen LogP contribution is 2.29. The number of allylic oxidation sites excluding steroid dienone is 2. The zero-order valence-corrected chi connectivity index (χ0v) is 9.81. The Bertz CT molecular complexity index is 310. The molecule has 1 heterocycles. The lowest BCUT2D eigenvalue weighted by molar-refractivity contribution is 0.198. The summed E-state index contributed by atoms with van der Waals surface area (Å²) < 4.78 is 0. The van der Waals surface area contributed by atoms with Gasteiger partial charge in [-0.05, 0) is 20.8 Å². The van der Waals surface area contributed by atoms with Crippen molar-refractivity contribution in [3.05, 3.63) is 23.0 Å². The molecule has 4 heteroatoms. The zero-order valence-electron chi connectivity index (χ0n) is 9.06. The first-order valence-corrected chi connectivity index (χ1v) is 4.86. The Labute approximate surface area is 90.1 Å². The van der Waals surface area contributed by atoms with Gasteiger partial charge in [0.1, 0.15) is 0 Å². The van der Waals surface area contributed by atoms with E-state index in [0.717, 1.165) is 11.4 Å². The third kappa shape index (κ3) is 1.93. The molecule has 0 saturated heterocycles. The lowest BCUT2D eigenvalue weighted by atomic mass is 10.1. The van der Waals surface area contributed by atoms with Gasteiger partial charge in [0, 0.05) is 7.05 Å². The summed E-state index contributed by atoms with van der Waals surface area (Å²) in [5.41, 5.74) is 1.43. The zero-order chi connectivity index (χ0) is 10.9. The third-order valence-electron chi connectivity index (χ3n) is 1.95. The van der Waals surface area contributed by atoms with Crippen molar-refractivity contribution in [2.75, 3.05) is 7.05 Å². The summed E-state index contributed by atoms with van der Waals surface area (Å²) in [4.78, 5) is 0. The van der Waals surface area contributed by atoms with Gasteiger partial charge in [-0.1, -0.05) is 18.2 Å². The Morgan fingerprint density at radius 1 is 1.50 bits per heavy atom. The van der Waals surface area contributed by atoms with E-state index in [4.69, 9.17) is 11.6 Å². The van der Waals surface area contributed by atoms with Crippen LogP contribution in [0.25, 0.3) is 0 Å². The fourth-order valence-corrected chi connectivity index (χ4v) is 1.47. The van der Waals surface area contributed by atoms with Crippen molar-refractivity contribution >= 4 is 17.8 Å². The van der Waals surface area contributed by atoms with Crippen LogP contribution in [0, 0.1) is 0 Å². The number of nitrogens with one attached hydrogen (secondary N) is 1. The second kappa shape index (κ2) is 3.65. The molecule has 0 fully saturated rings. The van der Waals surface area contributed by atoms with Crippen molar-refractivity contribution in [1.29, 1.82) is 0 Å². The van der Waals surface area contributed by atoms with Crippen molar-refractivity contribution in [3.8, 4) is 0 Å². The summed E-state index contributed by atoms with van der Waals surface area (Å²) in [5.74, 6) is 0. The van der Waals surface area contributed by atoms with E-state index in [1.807, 2.05) is 12.1 Å². The summed E-state index contributed by atoms with van der Waals surface area (Å²) in [7, 11) is 1.81. The summed E-state index contributed by atoms with van der Waals surface area (Å²) in [6.07, 6.45) is 1.71. The van der Waals surface area contributed by atoms with E-state index in [1.165, 1.54) is 0 Å². The van der Waals surface area contributed by atoms with Crippen LogP contribution in [0.1, 0.15) is 20.8 Å². The average Bonchev–Trinajstić information content (AvgIpc) is 2.07. The minimum Gasteiger partial charge on any atom is -0.386 e. The quantitative estimate of drug-likeness (QED) is 0.724. The van der Waals surface area contributed by atoms with Crippen LogP contribution in [0.5, 0.6) is 0 Å². The van der Waals surface area contributed by atoms with Crippen LogP contribution in [0.2, 0.25) is 0 Å². The van der Waals surface area contributed by atoms with Gasteiger partial charge in [0.05, 0.1) is 28.2 Å². The molecule has 1 rings (SSSR count). The average molecular weight is 214 g/mol. The third-order valence-corrected chi connectivity index (χ3v) is 2.37. The van der Waals surface area contributed by atoms with Gasteiger partial charge in [-0.25, -0.2) is 0 Å². The maximum atomic E-state index is 6.12. The summed E-state index contributed by atoms with van der Waals surface area (Å²) in [6.45, 7) is 10.1. The number of nitrogens with zero attached hydrogens (tertiary/aromatic N) is 2. The lowest BCUT2D eigenvalue weighted by Gasteiger charge is -2.36. The van der Waals surface area contributed by atoms with Crippen LogP contribution in [-0.4, -0.2) is 23.8 Å². The SMILES string of the molecule is C=C1C(Cl)=C(NC)C=NN1C(C)(C)C. The first-order valence-electron chi connectivity index (χ1n) is 4.49. The van der Waals surface area contributed by atoms with E-state index in [-0.39, 0.29) is 5.54 Å². The molecule has 0 aromatic carbocycles. The van der Waals surface area contributed by atoms with Crippen LogP contribution in [0.4, 0.5) is 0 Å². The largest absolute Gasteiger partial charge is 0.386 e. The van der Waals surface area contributed by atoms with Crippen molar-refractivity contribution in [1.82, 2.24) is 10.3 Å². The molecule has 1 N–H and O–H groups in total. The maximum Gasteiger partial charge on any atom is 0.0900 e. The molecule has 0 spiro atoms. The molecule has 0 bridgehead atoms. The van der Waals surface area contributed by atoms with Gasteiger partial charge in [-0.3, -0.25) is 5.01 Å². The highest BCUT2D eigenvalue weighted by Gasteiger charge is 2.27. The second-order valence-electron chi connectivity index (χ2n) is 4.15. The van der Waals surface area contributed by atoms with Gasteiger partial charge in [0.25, 0.3) is 0 Å². The van der Waals surface area contributed by atoms with Gasteiger partial charge in [-0.2, -0.15) is 5.10 Å². The van der Waals surface area contributed by atoms with E-state index >= 15 is 0 Å². The fourth-order valence-electron chi connectivity index (χ4n) is 1.24. The van der Waals surface area contributed by atoms with Crippen molar-refractivity contribution < 1.29 is 0 Å². The highest BCUT2D eigenvalue weighted by molar-refractivity contribution is 6.33. The van der Waals surface area contributed by atoms with Gasteiger partial charge in [0.2, 0.25) is 0 Å². The number of hydrazone groups is 1. The first-order chi connectivity index (χ1) is 6.38. The highest BCUT2D eigenvalue weighted by atomic mass is 35.5. The molecule has 0 aliphatic carbocycles. The standard InChI is InChI=1S/C10H16ClN3/c1-7-9(11)8(12-5)6-13-14(7)10(2,3)4/h6,12H,1H2,2-5H3. The molecule has 0 amide bonds. The van der Waals surface area contributed by atoms with Gasteiger partial charge < -0.3 is 5.32 Å². The van der Waals surface area contributed by atoms with Gasteiger partial charge in [0.15, 0.2) is 0 Å². The molecule has 1 aliphatic heterocycles. The van der Waals surface area contributed by atoms with Crippen LogP contribution in [0.3, 0.4) is 0 Å². The predicted octanol–water partition coefficient (Wildman–Crippen LogP) is 2.27. The number of rotatable bonds is 1. The van der Waals surface area contributed by atoms with E-state index < -0.39 is 0 Å². The number of halogens is 1. The Kier molecular flexibility index (Phi) is 2.90. The van der Waals surface area contributed by atoms with Gasteiger partial charge in [-0.15, -0.1) is 0 Å². The molecular formula is C10H16ClN3. The topological polar surface area (TPSA) is 27.6 Å². The maximum absolute atomic E-state index is 6.12. The Morgan fingerprint density at radius 3 is 2.50 bits per heavy atom. The predicted molar refractivity (Wildman–Crippen MR) is 61.2 cm³/mol. The molecule has 0 aromatic rings. The smallest absolute Gasteiger partial charge is 0.0900 e. The van der Waals surface area contributed by atoms with Crippen LogP contribution in [0.15, 0.2) is 28.1 Å². The number of hydrogen-bond donors (Lipinski definition) is 1. The second-order valence-corrected chi connectivity index (χ2v) is 4.53. The molecule has 14 heavy (non-hydrogen) atoms. The van der Waals surface area contributed by atoms with E-state index in [0.29, 0.717) is 5.03 Å². The van der Waals surface area contributed by atoms with E-state index in [9.17, 15) is 0 Å². The monoisotopic (exact) mass is 213 g/mol. The molecular weight excluding hydrogens is 198 g/mol. The van der Waals surface area contributed by atoms with Crippen LogP contribution in [-0.2, 0) is 0 Å². The summed E-state index contributed by atoms with van der Waals surface area (Å²) in [6, 6.07) is 0. The molecule has 0 atom stereocenters. The Morgan fingerprint density at radius 2 is 2.07 bits per heavy atom. The first kappa shape index (κ1) is 11.1. The normalized spacial score (nSPS) is 17.8. The molecule has 3 nitrogen and oxygen atoms in total. The molecule has 0 saturated carbocycles. The summed E-state index contributed by atoms with van der Waals surface area (Å²) in [5, 5.41) is 9.69. The minimum absolute atomic E-state index is 0.104. The van der Waals surface area contributed by atoms with Crippen molar-refractivity contribution in [2.24, 2.45) is 5.10 Å².